The van der Waals surface area contributed by atoms with Gasteiger partial charge in [-0.15, -0.1) is 0 Å². The summed E-state index contributed by atoms with van der Waals surface area (Å²) in [6.45, 7) is 4.39. The molecule has 2 aliphatic rings. The molecule has 17 heavy (non-hydrogen) atoms. The first-order valence-electron chi connectivity index (χ1n) is 6.83. The van der Waals surface area contributed by atoms with Gasteiger partial charge in [-0.2, -0.15) is 0 Å². The zero-order chi connectivity index (χ0) is 11.8. The number of nitrogens with zero attached hydrogens (tertiary/aromatic N) is 1. The Morgan fingerprint density at radius 1 is 1.35 bits per heavy atom. The molecule has 2 N–H and O–H groups in total. The van der Waals surface area contributed by atoms with E-state index >= 15 is 0 Å². The summed E-state index contributed by atoms with van der Waals surface area (Å²) in [7, 11) is 0. The maximum Gasteiger partial charge on any atom is 0.0356 e. The Labute approximate surface area is 104 Å². The van der Waals surface area contributed by atoms with Crippen molar-refractivity contribution in [2.75, 3.05) is 13.1 Å². The monoisotopic (exact) mass is 230 g/mol. The molecule has 2 nitrogen and oxygen atoms in total. The maximum atomic E-state index is 5.82. The van der Waals surface area contributed by atoms with Gasteiger partial charge in [-0.05, 0) is 49.8 Å². The van der Waals surface area contributed by atoms with E-state index in [-0.39, 0.29) is 0 Å². The minimum Gasteiger partial charge on any atom is -0.330 e. The fourth-order valence-corrected chi connectivity index (χ4v) is 3.65. The summed E-state index contributed by atoms with van der Waals surface area (Å²) >= 11 is 0. The minimum atomic E-state index is 0.651. The highest BCUT2D eigenvalue weighted by atomic mass is 15.2. The molecule has 0 amide bonds. The molecule has 2 heteroatoms. The molecule has 1 aliphatic heterocycles. The number of likely N-dealkylation sites (tertiary alicyclic amines) is 1. The van der Waals surface area contributed by atoms with Crippen molar-refractivity contribution < 1.29 is 0 Å². The van der Waals surface area contributed by atoms with Crippen LogP contribution in [0.3, 0.4) is 0 Å². The third-order valence-corrected chi connectivity index (χ3v) is 4.54. The number of aryl methyl sites for hydroxylation is 1. The van der Waals surface area contributed by atoms with E-state index in [2.05, 4.69) is 36.1 Å². The second-order valence-corrected chi connectivity index (χ2v) is 5.64. The van der Waals surface area contributed by atoms with Crippen molar-refractivity contribution in [3.8, 4) is 0 Å². The first-order valence-corrected chi connectivity index (χ1v) is 6.83. The van der Waals surface area contributed by atoms with Gasteiger partial charge < -0.3 is 5.73 Å². The lowest BCUT2D eigenvalue weighted by atomic mass is 10.1. The first-order chi connectivity index (χ1) is 8.29. The highest BCUT2D eigenvalue weighted by molar-refractivity contribution is 5.34. The largest absolute Gasteiger partial charge is 0.330 e. The van der Waals surface area contributed by atoms with Crippen LogP contribution in [0, 0.1) is 5.92 Å². The van der Waals surface area contributed by atoms with E-state index in [0.717, 1.165) is 6.54 Å². The highest BCUT2D eigenvalue weighted by Crippen LogP contribution is 2.40. The molecule has 3 unspecified atom stereocenters. The van der Waals surface area contributed by atoms with Crippen LogP contribution in [-0.4, -0.2) is 24.0 Å². The molecule has 3 atom stereocenters. The number of hydrogen-bond acceptors (Lipinski definition) is 2. The smallest absolute Gasteiger partial charge is 0.0356 e. The fraction of sp³-hybridized carbons (Fsp3) is 0.600. The van der Waals surface area contributed by atoms with Crippen molar-refractivity contribution in [2.45, 2.75) is 38.3 Å². The van der Waals surface area contributed by atoms with Gasteiger partial charge in [0.25, 0.3) is 0 Å². The lowest BCUT2D eigenvalue weighted by Crippen LogP contribution is -2.31. The van der Waals surface area contributed by atoms with Gasteiger partial charge in [0.1, 0.15) is 0 Å². The third-order valence-electron chi connectivity index (χ3n) is 4.54. The van der Waals surface area contributed by atoms with Gasteiger partial charge in [0, 0.05) is 18.6 Å². The SMILES string of the molecule is CC1CC(CN)CN1C1CCc2ccccc21. The lowest BCUT2D eigenvalue weighted by molar-refractivity contribution is 0.187. The van der Waals surface area contributed by atoms with Crippen molar-refractivity contribution in [2.24, 2.45) is 11.7 Å². The van der Waals surface area contributed by atoms with Crippen molar-refractivity contribution in [1.82, 2.24) is 4.90 Å². The Morgan fingerprint density at radius 3 is 2.94 bits per heavy atom. The zero-order valence-electron chi connectivity index (χ0n) is 10.6. The van der Waals surface area contributed by atoms with Crippen LogP contribution in [-0.2, 0) is 6.42 Å². The molecule has 1 saturated heterocycles. The van der Waals surface area contributed by atoms with Gasteiger partial charge in [0.05, 0.1) is 0 Å². The Bertz CT molecular complexity index is 402. The predicted octanol–water partition coefficient (Wildman–Crippen LogP) is 2.34. The maximum absolute atomic E-state index is 5.82. The average molecular weight is 230 g/mol. The second-order valence-electron chi connectivity index (χ2n) is 5.64. The third kappa shape index (κ3) is 1.90. The van der Waals surface area contributed by atoms with E-state index in [0.29, 0.717) is 18.0 Å². The molecule has 3 rings (SSSR count). The van der Waals surface area contributed by atoms with Crippen LogP contribution in [0.5, 0.6) is 0 Å². The number of nitrogens with two attached hydrogens (primary N) is 1. The summed E-state index contributed by atoms with van der Waals surface area (Å²) in [5, 5.41) is 0. The Hall–Kier alpha value is -0.860. The molecule has 92 valence electrons. The van der Waals surface area contributed by atoms with Crippen molar-refractivity contribution in [3.63, 3.8) is 0 Å². The summed E-state index contributed by atoms with van der Waals surface area (Å²) in [4.78, 5) is 2.68. The van der Waals surface area contributed by atoms with Gasteiger partial charge in [-0.1, -0.05) is 24.3 Å². The highest BCUT2D eigenvalue weighted by Gasteiger charge is 2.36. The lowest BCUT2D eigenvalue weighted by Gasteiger charge is -2.29. The molecular weight excluding hydrogens is 208 g/mol. The van der Waals surface area contributed by atoms with Crippen LogP contribution in [0.2, 0.25) is 0 Å². The van der Waals surface area contributed by atoms with Crippen LogP contribution in [0.4, 0.5) is 0 Å². The second kappa shape index (κ2) is 4.43. The molecule has 0 radical (unpaired) electrons. The van der Waals surface area contributed by atoms with E-state index in [1.165, 1.54) is 25.8 Å². The van der Waals surface area contributed by atoms with E-state index in [1.807, 2.05) is 0 Å². The van der Waals surface area contributed by atoms with Crippen LogP contribution < -0.4 is 5.73 Å². The molecule has 0 spiro atoms. The summed E-state index contributed by atoms with van der Waals surface area (Å²) in [5.74, 6) is 0.706. The summed E-state index contributed by atoms with van der Waals surface area (Å²) in [6, 6.07) is 10.3. The van der Waals surface area contributed by atoms with E-state index < -0.39 is 0 Å². The van der Waals surface area contributed by atoms with E-state index in [1.54, 1.807) is 11.1 Å². The molecule has 1 fully saturated rings. The Balaban J connectivity index is 1.83. The average Bonchev–Trinajstić information content (AvgIpc) is 2.92. The predicted molar refractivity (Wildman–Crippen MR) is 70.8 cm³/mol. The van der Waals surface area contributed by atoms with Gasteiger partial charge in [0.2, 0.25) is 0 Å². The number of benzene rings is 1. The normalized spacial score (nSPS) is 32.9. The van der Waals surface area contributed by atoms with Gasteiger partial charge in [-0.25, -0.2) is 0 Å². The minimum absolute atomic E-state index is 0.651. The van der Waals surface area contributed by atoms with E-state index in [9.17, 15) is 0 Å². The standard InChI is InChI=1S/C15H22N2/c1-11-8-12(9-16)10-17(11)15-7-6-13-4-2-3-5-14(13)15/h2-5,11-12,15H,6-10,16H2,1H3. The molecule has 1 aliphatic carbocycles. The van der Waals surface area contributed by atoms with Crippen LogP contribution in [0.25, 0.3) is 0 Å². The summed E-state index contributed by atoms with van der Waals surface area (Å²) in [5.41, 5.74) is 8.95. The molecule has 1 aromatic rings. The topological polar surface area (TPSA) is 29.3 Å². The van der Waals surface area contributed by atoms with Crippen molar-refractivity contribution >= 4 is 0 Å². The Kier molecular flexibility index (Phi) is 2.93. The van der Waals surface area contributed by atoms with Crippen molar-refractivity contribution in [3.05, 3.63) is 35.4 Å². The van der Waals surface area contributed by atoms with Crippen LogP contribution in [0.1, 0.15) is 36.9 Å². The number of fused-ring (bicyclic) bond motifs is 1. The molecule has 0 saturated carbocycles. The van der Waals surface area contributed by atoms with Gasteiger partial charge in [-0.3, -0.25) is 4.90 Å². The molecule has 0 aromatic heterocycles. The molecule has 1 heterocycles. The summed E-state index contributed by atoms with van der Waals surface area (Å²) in [6.07, 6.45) is 3.81. The van der Waals surface area contributed by atoms with Crippen LogP contribution in [0.15, 0.2) is 24.3 Å². The van der Waals surface area contributed by atoms with Crippen LogP contribution >= 0.6 is 0 Å². The van der Waals surface area contributed by atoms with Crippen molar-refractivity contribution in [1.29, 1.82) is 0 Å². The fourth-order valence-electron chi connectivity index (χ4n) is 3.65. The quantitative estimate of drug-likeness (QED) is 0.845. The summed E-state index contributed by atoms with van der Waals surface area (Å²) < 4.78 is 0. The molecule has 0 bridgehead atoms. The van der Waals surface area contributed by atoms with Gasteiger partial charge >= 0.3 is 0 Å². The first kappa shape index (κ1) is 11.2. The molecule has 1 aromatic carbocycles. The van der Waals surface area contributed by atoms with E-state index in [4.69, 9.17) is 5.73 Å². The Morgan fingerprint density at radius 2 is 2.18 bits per heavy atom. The molecular formula is C15H22N2. The van der Waals surface area contributed by atoms with Gasteiger partial charge in [0.15, 0.2) is 0 Å². The number of hydrogen-bond donors (Lipinski definition) is 1. The number of rotatable bonds is 2. The zero-order valence-corrected chi connectivity index (χ0v) is 10.6.